The molecular weight excluding hydrogens is 1010 g/mol. The lowest BCUT2D eigenvalue weighted by atomic mass is 9.86. The molecule has 408 valence electrons. The molecule has 6 N–H and O–H groups in total. The van der Waals surface area contributed by atoms with Crippen molar-refractivity contribution in [1.29, 1.82) is 0 Å². The van der Waals surface area contributed by atoms with Crippen molar-refractivity contribution >= 4 is 85.7 Å². The van der Waals surface area contributed by atoms with Crippen molar-refractivity contribution in [3.8, 4) is 5.75 Å². The number of aryl methyl sites for hydroxylation is 1. The summed E-state index contributed by atoms with van der Waals surface area (Å²) in [5.41, 5.74) is 3.75. The van der Waals surface area contributed by atoms with Crippen LogP contribution in [0.15, 0.2) is 65.7 Å². The summed E-state index contributed by atoms with van der Waals surface area (Å²) in [6.45, 7) is 13.7. The van der Waals surface area contributed by atoms with Gasteiger partial charge in [0.25, 0.3) is 11.8 Å². The third-order valence-electron chi connectivity index (χ3n) is 13.8. The van der Waals surface area contributed by atoms with E-state index in [4.69, 9.17) is 16.3 Å². The number of unbranched alkanes of at least 4 members (excludes halogenated alkanes) is 5. The minimum atomic E-state index is -3.59. The highest BCUT2D eigenvalue weighted by Gasteiger charge is 2.46. The molecule has 0 spiro atoms. The van der Waals surface area contributed by atoms with Crippen molar-refractivity contribution in [3.05, 3.63) is 88.1 Å². The number of anilines is 5. The van der Waals surface area contributed by atoms with Gasteiger partial charge in [-0.05, 0) is 140 Å². The molecule has 0 radical (unpaired) electrons. The number of hydrogen-bond acceptors (Lipinski definition) is 15. The highest BCUT2D eigenvalue weighted by molar-refractivity contribution is 7.92. The molecule has 2 fully saturated rings. The van der Waals surface area contributed by atoms with Crippen molar-refractivity contribution in [1.82, 2.24) is 35.7 Å². The van der Waals surface area contributed by atoms with E-state index in [0.717, 1.165) is 81.5 Å². The van der Waals surface area contributed by atoms with E-state index in [9.17, 15) is 37.2 Å². The predicted molar refractivity (Wildman–Crippen MR) is 292 cm³/mol. The standard InChI is InChI=1S/C55H71ClN10O9S/c1-34(2)75-45-32-39(36(5)31-43(45)62-55-59-33-40(56)51(64-55)61-41-16-10-11-18-46(41)76(73,74)35(3)4)37-22-28-65(29-23-37)30-24-47(67)58-26-13-9-7-6-8-12-25-57-27-21-49(69)60-42-17-14-15-38-50(42)54(72)66(53(38)71)44-19-20-48(68)63-52(44)70/h10-11,14-18,31-35,37,44,57H,6-9,12-13,19-30H2,1-5H3,(H,58,67)(H,60,69)(H,63,68,70)(H2,59,61,62,64). The zero-order valence-electron chi connectivity index (χ0n) is 44.1. The molecule has 6 amide bonds. The van der Waals surface area contributed by atoms with Gasteiger partial charge in [-0.2, -0.15) is 4.98 Å². The van der Waals surface area contributed by atoms with Gasteiger partial charge in [0.05, 0.1) is 50.6 Å². The lowest BCUT2D eigenvalue weighted by Gasteiger charge is -2.33. The molecule has 3 aliphatic heterocycles. The number of carbonyl (C=O) groups excluding carboxylic acids is 6. The lowest BCUT2D eigenvalue weighted by molar-refractivity contribution is -0.136. The Balaban J connectivity index is 0.753. The first kappa shape index (κ1) is 57.2. The zero-order valence-corrected chi connectivity index (χ0v) is 45.6. The molecule has 1 atom stereocenters. The first-order valence-electron chi connectivity index (χ1n) is 26.5. The average Bonchev–Trinajstić information content (AvgIpc) is 3.64. The molecule has 1 unspecified atom stereocenters. The molecular formula is C55H71ClN10O9S. The molecule has 76 heavy (non-hydrogen) atoms. The second-order valence-electron chi connectivity index (χ2n) is 20.2. The van der Waals surface area contributed by atoms with E-state index >= 15 is 0 Å². The van der Waals surface area contributed by atoms with Crippen LogP contribution in [0, 0.1) is 6.92 Å². The number of hydrogen-bond donors (Lipinski definition) is 6. The van der Waals surface area contributed by atoms with Crippen LogP contribution >= 0.6 is 11.6 Å². The summed E-state index contributed by atoms with van der Waals surface area (Å²) in [7, 11) is -3.59. The SMILES string of the molecule is Cc1cc(Nc2ncc(Cl)c(Nc3ccccc3S(=O)(=O)C(C)C)n2)c(OC(C)C)cc1C1CCN(CCC(=O)NCCCCCCCCNCCC(=O)Nc2cccc3c2C(=O)N(C2CCC(=O)NC2=O)C3=O)CC1. The summed E-state index contributed by atoms with van der Waals surface area (Å²) in [4.78, 5) is 88.4. The molecule has 0 aliphatic carbocycles. The van der Waals surface area contributed by atoms with Gasteiger partial charge < -0.3 is 36.2 Å². The fourth-order valence-corrected chi connectivity index (χ4v) is 11.1. The van der Waals surface area contributed by atoms with Crippen LogP contribution in [0.2, 0.25) is 5.02 Å². The minimum absolute atomic E-state index is 0.0226. The number of para-hydroxylation sites is 1. The molecule has 1 aromatic heterocycles. The van der Waals surface area contributed by atoms with E-state index in [1.165, 1.54) is 17.8 Å². The van der Waals surface area contributed by atoms with Gasteiger partial charge in [0.2, 0.25) is 29.6 Å². The van der Waals surface area contributed by atoms with Gasteiger partial charge in [0, 0.05) is 38.9 Å². The van der Waals surface area contributed by atoms with Crippen LogP contribution in [0.4, 0.5) is 28.8 Å². The summed E-state index contributed by atoms with van der Waals surface area (Å²) in [6, 6.07) is 14.4. The molecule has 21 heteroatoms. The molecule has 2 saturated heterocycles. The van der Waals surface area contributed by atoms with Crippen molar-refractivity contribution in [2.45, 2.75) is 140 Å². The van der Waals surface area contributed by atoms with Crippen LogP contribution in [-0.4, -0.2) is 120 Å². The van der Waals surface area contributed by atoms with E-state index in [0.29, 0.717) is 49.1 Å². The molecule has 0 saturated carbocycles. The second kappa shape index (κ2) is 26.5. The molecule has 3 aliphatic rings. The fourth-order valence-electron chi connectivity index (χ4n) is 9.71. The number of ether oxygens (including phenoxy) is 1. The molecule has 4 aromatic rings. The van der Waals surface area contributed by atoms with Gasteiger partial charge >= 0.3 is 0 Å². The van der Waals surface area contributed by atoms with Gasteiger partial charge in [-0.25, -0.2) is 13.4 Å². The highest BCUT2D eigenvalue weighted by Crippen LogP contribution is 2.39. The largest absolute Gasteiger partial charge is 0.489 e. The molecule has 7 rings (SSSR count). The molecule has 3 aromatic carbocycles. The van der Waals surface area contributed by atoms with Crippen LogP contribution in [0.25, 0.3) is 0 Å². The maximum absolute atomic E-state index is 13.3. The number of piperidine rings is 2. The smallest absolute Gasteiger partial charge is 0.264 e. The zero-order chi connectivity index (χ0) is 54.5. The number of nitrogens with zero attached hydrogens (tertiary/aromatic N) is 4. The number of halogens is 1. The number of rotatable bonds is 26. The quantitative estimate of drug-likeness (QED) is 0.0258. The number of fused-ring (bicyclic) bond motifs is 1. The van der Waals surface area contributed by atoms with Crippen LogP contribution < -0.4 is 36.6 Å². The fraction of sp³-hybridized carbons (Fsp3) is 0.491. The van der Waals surface area contributed by atoms with Gasteiger partial charge in [0.1, 0.15) is 16.8 Å². The Morgan fingerprint density at radius 2 is 1.53 bits per heavy atom. The number of nitrogens with one attached hydrogen (secondary N) is 6. The monoisotopic (exact) mass is 1080 g/mol. The summed E-state index contributed by atoms with van der Waals surface area (Å²) in [5.74, 6) is -1.17. The summed E-state index contributed by atoms with van der Waals surface area (Å²) in [6.07, 6.45) is 10.1. The van der Waals surface area contributed by atoms with E-state index in [1.54, 1.807) is 50.2 Å². The second-order valence-corrected chi connectivity index (χ2v) is 23.0. The van der Waals surface area contributed by atoms with E-state index in [1.807, 2.05) is 19.9 Å². The van der Waals surface area contributed by atoms with Crippen LogP contribution in [0.1, 0.15) is 143 Å². The Labute approximate surface area is 450 Å². The average molecular weight is 1080 g/mol. The van der Waals surface area contributed by atoms with Crippen LogP contribution in [-0.2, 0) is 29.0 Å². The van der Waals surface area contributed by atoms with Gasteiger partial charge in [-0.3, -0.25) is 39.0 Å². The molecule has 4 heterocycles. The first-order chi connectivity index (χ1) is 36.4. The molecule has 0 bridgehead atoms. The van der Waals surface area contributed by atoms with Crippen molar-refractivity contribution in [2.24, 2.45) is 0 Å². The number of likely N-dealkylation sites (tertiary alicyclic amines) is 1. The number of amides is 6. The maximum Gasteiger partial charge on any atom is 0.264 e. The third-order valence-corrected chi connectivity index (χ3v) is 16.3. The number of aromatic nitrogens is 2. The number of benzene rings is 3. The van der Waals surface area contributed by atoms with Gasteiger partial charge in [-0.1, -0.05) is 55.5 Å². The predicted octanol–water partition coefficient (Wildman–Crippen LogP) is 7.94. The Bertz CT molecular complexity index is 2890. The Morgan fingerprint density at radius 3 is 2.25 bits per heavy atom. The van der Waals surface area contributed by atoms with E-state index in [2.05, 4.69) is 59.8 Å². The normalized spacial score (nSPS) is 16.3. The highest BCUT2D eigenvalue weighted by atomic mass is 35.5. The summed E-state index contributed by atoms with van der Waals surface area (Å²) in [5, 5.41) is 17.4. The number of sulfone groups is 1. The third kappa shape index (κ3) is 14.7. The lowest BCUT2D eigenvalue weighted by Crippen LogP contribution is -2.54. The first-order valence-corrected chi connectivity index (χ1v) is 28.4. The Morgan fingerprint density at radius 1 is 0.816 bits per heavy atom. The Hall–Kier alpha value is -6.48. The summed E-state index contributed by atoms with van der Waals surface area (Å²) < 4.78 is 32.5. The molecule has 19 nitrogen and oxygen atoms in total. The maximum atomic E-state index is 13.3. The minimum Gasteiger partial charge on any atom is -0.489 e. The van der Waals surface area contributed by atoms with Crippen molar-refractivity contribution in [3.63, 3.8) is 0 Å². The van der Waals surface area contributed by atoms with Crippen LogP contribution in [0.5, 0.6) is 5.75 Å². The summed E-state index contributed by atoms with van der Waals surface area (Å²) >= 11 is 6.52. The number of imide groups is 2. The van der Waals surface area contributed by atoms with Crippen molar-refractivity contribution in [2.75, 3.05) is 55.2 Å². The van der Waals surface area contributed by atoms with Crippen LogP contribution in [0.3, 0.4) is 0 Å². The van der Waals surface area contributed by atoms with E-state index in [-0.39, 0.29) is 75.7 Å². The number of carbonyl (C=O) groups is 6. The van der Waals surface area contributed by atoms with Gasteiger partial charge in [-0.15, -0.1) is 0 Å². The van der Waals surface area contributed by atoms with Crippen molar-refractivity contribution < 1.29 is 41.9 Å². The Kier molecular flexibility index (Phi) is 20.0. The topological polar surface area (TPSA) is 250 Å². The van der Waals surface area contributed by atoms with Gasteiger partial charge in [0.15, 0.2) is 15.7 Å². The van der Waals surface area contributed by atoms with E-state index < -0.39 is 44.8 Å².